The van der Waals surface area contributed by atoms with Gasteiger partial charge in [0.05, 0.1) is 16.8 Å². The monoisotopic (exact) mass is 494 g/mol. The molecule has 1 amide bonds. The zero-order valence-electron chi connectivity index (χ0n) is 22.1. The molecule has 1 saturated heterocycles. The van der Waals surface area contributed by atoms with E-state index in [1.165, 1.54) is 12.1 Å². The molecule has 1 aliphatic rings. The number of unbranched alkanes of at least 4 members (excludes halogenated alkanes) is 2. The summed E-state index contributed by atoms with van der Waals surface area (Å²) < 4.78 is 15.4. The van der Waals surface area contributed by atoms with E-state index in [0.29, 0.717) is 19.0 Å². The molecule has 1 aromatic carbocycles. The van der Waals surface area contributed by atoms with E-state index in [0.717, 1.165) is 92.1 Å². The highest BCUT2D eigenvalue weighted by molar-refractivity contribution is 5.91. The van der Waals surface area contributed by atoms with Crippen molar-refractivity contribution < 1.29 is 9.18 Å². The minimum absolute atomic E-state index is 0.124. The second-order valence-electron chi connectivity index (χ2n) is 9.80. The van der Waals surface area contributed by atoms with Gasteiger partial charge in [0.15, 0.2) is 5.65 Å². The number of carbonyl (C=O) groups excluding carboxylic acids is 1. The van der Waals surface area contributed by atoms with E-state index >= 15 is 0 Å². The average Bonchev–Trinajstić information content (AvgIpc) is 3.24. The van der Waals surface area contributed by atoms with Gasteiger partial charge in [-0.05, 0) is 50.5 Å². The number of aryl methyl sites for hydroxylation is 2. The van der Waals surface area contributed by atoms with Gasteiger partial charge in [0.25, 0.3) is 0 Å². The van der Waals surface area contributed by atoms with Gasteiger partial charge in [-0.25, -0.2) is 19.0 Å². The summed E-state index contributed by atoms with van der Waals surface area (Å²) in [6.07, 6.45) is 6.95. The van der Waals surface area contributed by atoms with Crippen LogP contribution in [-0.4, -0.2) is 56.7 Å². The zero-order chi connectivity index (χ0) is 25.7. The summed E-state index contributed by atoms with van der Waals surface area (Å²) in [5.41, 5.74) is 2.36. The van der Waals surface area contributed by atoms with Crippen molar-refractivity contribution in [1.82, 2.24) is 24.6 Å². The molecule has 0 bridgehead atoms. The number of piperazine rings is 1. The molecule has 3 heterocycles. The molecule has 0 saturated carbocycles. The Morgan fingerprint density at radius 3 is 2.33 bits per heavy atom. The summed E-state index contributed by atoms with van der Waals surface area (Å²) in [7, 11) is 0. The van der Waals surface area contributed by atoms with Gasteiger partial charge in [-0.1, -0.05) is 40.0 Å². The second kappa shape index (κ2) is 11.8. The molecule has 0 aliphatic carbocycles. The van der Waals surface area contributed by atoms with Crippen LogP contribution in [0.5, 0.6) is 0 Å². The lowest BCUT2D eigenvalue weighted by Gasteiger charge is -2.37. The number of hydrogen-bond acceptors (Lipinski definition) is 5. The Balaban J connectivity index is 1.64. The van der Waals surface area contributed by atoms with E-state index in [2.05, 4.69) is 25.7 Å². The Morgan fingerprint density at radius 2 is 1.69 bits per heavy atom. The topological polar surface area (TPSA) is 67.2 Å². The average molecular weight is 495 g/mol. The van der Waals surface area contributed by atoms with E-state index in [1.54, 1.807) is 16.8 Å². The van der Waals surface area contributed by atoms with Crippen LogP contribution in [0.4, 0.5) is 10.2 Å². The number of benzene rings is 1. The van der Waals surface area contributed by atoms with Gasteiger partial charge < -0.3 is 9.80 Å². The third kappa shape index (κ3) is 5.52. The molecule has 1 fully saturated rings. The van der Waals surface area contributed by atoms with Crippen molar-refractivity contribution in [3.63, 3.8) is 0 Å². The number of rotatable bonds is 10. The molecule has 4 rings (SSSR count). The predicted molar refractivity (Wildman–Crippen MR) is 142 cm³/mol. The van der Waals surface area contributed by atoms with Crippen LogP contribution >= 0.6 is 0 Å². The van der Waals surface area contributed by atoms with Gasteiger partial charge >= 0.3 is 0 Å². The SMILES string of the molecule is CCCCc1nc(N2CCN(C(=O)[C@H](CC)CCCC)CC2)c2c(C)nn(-c3ccc(F)cc3)c2n1. The Hall–Kier alpha value is -3.03. The third-order valence-corrected chi connectivity index (χ3v) is 7.19. The molecule has 1 aliphatic heterocycles. The van der Waals surface area contributed by atoms with Crippen molar-refractivity contribution in [3.8, 4) is 5.69 Å². The summed E-state index contributed by atoms with van der Waals surface area (Å²) in [5.74, 6) is 1.83. The van der Waals surface area contributed by atoms with Crippen molar-refractivity contribution in [2.45, 2.75) is 72.6 Å². The number of aromatic nitrogens is 4. The number of nitrogens with zero attached hydrogens (tertiary/aromatic N) is 6. The molecule has 0 spiro atoms. The molecule has 0 radical (unpaired) electrons. The van der Waals surface area contributed by atoms with E-state index in [-0.39, 0.29) is 11.7 Å². The maximum atomic E-state index is 13.6. The van der Waals surface area contributed by atoms with Crippen LogP contribution in [0, 0.1) is 18.7 Å². The molecule has 3 aromatic rings. The van der Waals surface area contributed by atoms with Gasteiger partial charge in [-0.15, -0.1) is 0 Å². The van der Waals surface area contributed by atoms with Crippen molar-refractivity contribution in [2.24, 2.45) is 5.92 Å². The first kappa shape index (κ1) is 26.0. The summed E-state index contributed by atoms with van der Waals surface area (Å²) in [5, 5.41) is 5.70. The van der Waals surface area contributed by atoms with Gasteiger partial charge in [-0.3, -0.25) is 4.79 Å². The molecule has 0 N–H and O–H groups in total. The van der Waals surface area contributed by atoms with E-state index in [1.807, 2.05) is 11.8 Å². The largest absolute Gasteiger partial charge is 0.352 e. The first-order valence-electron chi connectivity index (χ1n) is 13.5. The minimum Gasteiger partial charge on any atom is -0.352 e. The molecular formula is C28H39FN6O. The van der Waals surface area contributed by atoms with Gasteiger partial charge in [0.1, 0.15) is 17.5 Å². The van der Waals surface area contributed by atoms with Crippen LogP contribution in [0.1, 0.15) is 70.8 Å². The van der Waals surface area contributed by atoms with Gasteiger partial charge in [0.2, 0.25) is 5.91 Å². The first-order chi connectivity index (χ1) is 17.5. The molecular weight excluding hydrogens is 455 g/mol. The van der Waals surface area contributed by atoms with E-state index < -0.39 is 0 Å². The van der Waals surface area contributed by atoms with Crippen LogP contribution < -0.4 is 4.90 Å². The first-order valence-corrected chi connectivity index (χ1v) is 13.5. The summed E-state index contributed by atoms with van der Waals surface area (Å²) in [6.45, 7) is 11.3. The standard InChI is InChI=1S/C28H39FN6O/c1-5-8-10-21(7-3)28(36)34-18-16-33(17-19-34)26-25-20(4)32-35(23-14-12-22(29)13-15-23)27(25)31-24(30-26)11-9-6-2/h12-15,21H,5-11,16-19H2,1-4H3/t21-/m1/s1. The van der Waals surface area contributed by atoms with Crippen molar-refractivity contribution in [1.29, 1.82) is 0 Å². The van der Waals surface area contributed by atoms with Crippen molar-refractivity contribution >= 4 is 22.8 Å². The van der Waals surface area contributed by atoms with Crippen LogP contribution in [-0.2, 0) is 11.2 Å². The highest BCUT2D eigenvalue weighted by Gasteiger charge is 2.29. The fraction of sp³-hybridized carbons (Fsp3) is 0.571. The van der Waals surface area contributed by atoms with Gasteiger partial charge in [-0.2, -0.15) is 5.10 Å². The third-order valence-electron chi connectivity index (χ3n) is 7.19. The van der Waals surface area contributed by atoms with Crippen molar-refractivity contribution in [3.05, 3.63) is 41.6 Å². The lowest BCUT2D eigenvalue weighted by atomic mass is 9.97. The number of fused-ring (bicyclic) bond motifs is 1. The molecule has 36 heavy (non-hydrogen) atoms. The van der Waals surface area contributed by atoms with Gasteiger partial charge in [0, 0.05) is 38.5 Å². The lowest BCUT2D eigenvalue weighted by molar-refractivity contribution is -0.136. The number of halogens is 1. The maximum Gasteiger partial charge on any atom is 0.225 e. The summed E-state index contributed by atoms with van der Waals surface area (Å²) in [4.78, 5) is 27.4. The summed E-state index contributed by atoms with van der Waals surface area (Å²) in [6, 6.07) is 6.33. The summed E-state index contributed by atoms with van der Waals surface area (Å²) >= 11 is 0. The number of anilines is 1. The van der Waals surface area contributed by atoms with Crippen LogP contribution in [0.25, 0.3) is 16.7 Å². The maximum absolute atomic E-state index is 13.6. The normalized spacial score (nSPS) is 15.0. The van der Waals surface area contributed by atoms with Crippen LogP contribution in [0.3, 0.4) is 0 Å². The fourth-order valence-electron chi connectivity index (χ4n) is 4.99. The quantitative estimate of drug-likeness (QED) is 0.374. The molecule has 1 atom stereocenters. The Bertz CT molecular complexity index is 1170. The minimum atomic E-state index is -0.279. The van der Waals surface area contributed by atoms with Crippen LogP contribution in [0.2, 0.25) is 0 Å². The van der Waals surface area contributed by atoms with E-state index in [4.69, 9.17) is 15.1 Å². The highest BCUT2D eigenvalue weighted by atomic mass is 19.1. The lowest BCUT2D eigenvalue weighted by Crippen LogP contribution is -2.50. The Morgan fingerprint density at radius 1 is 1.00 bits per heavy atom. The fourth-order valence-corrected chi connectivity index (χ4v) is 4.99. The molecule has 8 heteroatoms. The highest BCUT2D eigenvalue weighted by Crippen LogP contribution is 2.30. The Kier molecular flexibility index (Phi) is 8.54. The second-order valence-corrected chi connectivity index (χ2v) is 9.80. The number of hydrogen-bond donors (Lipinski definition) is 0. The predicted octanol–water partition coefficient (Wildman–Crippen LogP) is 5.47. The molecule has 2 aromatic heterocycles. The number of carbonyl (C=O) groups is 1. The smallest absolute Gasteiger partial charge is 0.225 e. The van der Waals surface area contributed by atoms with E-state index in [9.17, 15) is 9.18 Å². The van der Waals surface area contributed by atoms with Crippen LogP contribution in [0.15, 0.2) is 24.3 Å². The van der Waals surface area contributed by atoms with Crippen molar-refractivity contribution in [2.75, 3.05) is 31.1 Å². The molecule has 7 nitrogen and oxygen atoms in total. The zero-order valence-corrected chi connectivity index (χ0v) is 22.1. The Labute approximate surface area is 213 Å². The molecule has 194 valence electrons. The molecule has 0 unspecified atom stereocenters. The number of amides is 1.